The number of anilines is 1. The molecule has 0 aromatic carbocycles. The molecule has 0 atom stereocenters. The van der Waals surface area contributed by atoms with Gasteiger partial charge in [0.15, 0.2) is 0 Å². The normalized spacial score (nSPS) is 10.4. The lowest BCUT2D eigenvalue weighted by Gasteiger charge is -1.99. The van der Waals surface area contributed by atoms with Crippen molar-refractivity contribution in [2.24, 2.45) is 0 Å². The SMILES string of the molecule is Cc1nnc(NCc2cn[nH]c2C)s1. The first-order chi connectivity index (χ1) is 6.75. The minimum Gasteiger partial charge on any atom is -0.356 e. The Morgan fingerprint density at radius 1 is 1.43 bits per heavy atom. The monoisotopic (exact) mass is 209 g/mol. The van der Waals surface area contributed by atoms with Crippen LogP contribution in [0.2, 0.25) is 0 Å². The van der Waals surface area contributed by atoms with Crippen molar-refractivity contribution < 1.29 is 0 Å². The predicted octanol–water partition coefficient (Wildman–Crippen LogP) is 1.49. The molecule has 2 aromatic rings. The Morgan fingerprint density at radius 2 is 2.29 bits per heavy atom. The molecule has 74 valence electrons. The molecule has 0 radical (unpaired) electrons. The van der Waals surface area contributed by atoms with Gasteiger partial charge < -0.3 is 5.32 Å². The number of hydrogen-bond acceptors (Lipinski definition) is 5. The molecule has 0 saturated carbocycles. The smallest absolute Gasteiger partial charge is 0.205 e. The Labute approximate surface area is 85.6 Å². The molecule has 2 heterocycles. The third-order valence-corrected chi connectivity index (χ3v) is 2.69. The van der Waals surface area contributed by atoms with Crippen molar-refractivity contribution in [2.75, 3.05) is 5.32 Å². The van der Waals surface area contributed by atoms with E-state index in [2.05, 4.69) is 25.7 Å². The second kappa shape index (κ2) is 3.75. The number of aromatic amines is 1. The van der Waals surface area contributed by atoms with E-state index >= 15 is 0 Å². The number of hydrogen-bond donors (Lipinski definition) is 2. The Hall–Kier alpha value is -1.43. The molecule has 0 aliphatic rings. The molecule has 0 saturated heterocycles. The van der Waals surface area contributed by atoms with Crippen LogP contribution in [0.15, 0.2) is 6.20 Å². The van der Waals surface area contributed by atoms with Gasteiger partial charge in [0.05, 0.1) is 6.20 Å². The van der Waals surface area contributed by atoms with Crippen molar-refractivity contribution in [1.82, 2.24) is 20.4 Å². The lowest BCUT2D eigenvalue weighted by molar-refractivity contribution is 1.02. The van der Waals surface area contributed by atoms with Gasteiger partial charge in [0.25, 0.3) is 0 Å². The summed E-state index contributed by atoms with van der Waals surface area (Å²) in [5.41, 5.74) is 2.23. The second-order valence-corrected chi connectivity index (χ2v) is 4.18. The Bertz CT molecular complexity index is 419. The van der Waals surface area contributed by atoms with E-state index in [1.54, 1.807) is 11.3 Å². The molecule has 0 amide bonds. The van der Waals surface area contributed by atoms with E-state index in [-0.39, 0.29) is 0 Å². The first-order valence-corrected chi connectivity index (χ1v) is 5.10. The molecule has 14 heavy (non-hydrogen) atoms. The number of nitrogens with one attached hydrogen (secondary N) is 2. The fourth-order valence-corrected chi connectivity index (χ4v) is 1.68. The van der Waals surface area contributed by atoms with Crippen molar-refractivity contribution in [1.29, 1.82) is 0 Å². The van der Waals surface area contributed by atoms with Gasteiger partial charge in [-0.1, -0.05) is 11.3 Å². The molecule has 2 aromatic heterocycles. The van der Waals surface area contributed by atoms with Gasteiger partial charge in [-0.05, 0) is 13.8 Å². The molecule has 0 unspecified atom stereocenters. The third kappa shape index (κ3) is 1.90. The van der Waals surface area contributed by atoms with E-state index in [4.69, 9.17) is 0 Å². The van der Waals surface area contributed by atoms with Crippen molar-refractivity contribution in [3.63, 3.8) is 0 Å². The van der Waals surface area contributed by atoms with E-state index in [0.29, 0.717) is 0 Å². The zero-order valence-corrected chi connectivity index (χ0v) is 8.85. The standard InChI is InChI=1S/C8H11N5S/c1-5-7(4-10-11-5)3-9-8-13-12-6(2)14-8/h4H,3H2,1-2H3,(H,9,13)(H,10,11). The van der Waals surface area contributed by atoms with Gasteiger partial charge in [-0.3, -0.25) is 5.10 Å². The fourth-order valence-electron chi connectivity index (χ4n) is 1.09. The van der Waals surface area contributed by atoms with Gasteiger partial charge in [0.2, 0.25) is 5.13 Å². The Morgan fingerprint density at radius 3 is 2.86 bits per heavy atom. The zero-order chi connectivity index (χ0) is 9.97. The van der Waals surface area contributed by atoms with E-state index in [1.165, 1.54) is 0 Å². The first-order valence-electron chi connectivity index (χ1n) is 4.28. The summed E-state index contributed by atoms with van der Waals surface area (Å²) in [6.45, 7) is 4.66. The summed E-state index contributed by atoms with van der Waals surface area (Å²) in [4.78, 5) is 0. The van der Waals surface area contributed by atoms with Crippen molar-refractivity contribution in [3.05, 3.63) is 22.5 Å². The number of aryl methyl sites for hydroxylation is 2. The highest BCUT2D eigenvalue weighted by Crippen LogP contribution is 2.15. The summed E-state index contributed by atoms with van der Waals surface area (Å²) in [6, 6.07) is 0. The van der Waals surface area contributed by atoms with Crippen molar-refractivity contribution >= 4 is 16.5 Å². The minimum absolute atomic E-state index is 0.733. The van der Waals surface area contributed by atoms with Crippen LogP contribution in [0, 0.1) is 13.8 Å². The summed E-state index contributed by atoms with van der Waals surface area (Å²) >= 11 is 1.55. The quantitative estimate of drug-likeness (QED) is 0.803. The van der Waals surface area contributed by atoms with Gasteiger partial charge in [-0.2, -0.15) is 5.10 Å². The minimum atomic E-state index is 0.733. The number of nitrogens with zero attached hydrogens (tertiary/aromatic N) is 3. The highest BCUT2D eigenvalue weighted by atomic mass is 32.1. The summed E-state index contributed by atoms with van der Waals surface area (Å²) < 4.78 is 0. The van der Waals surface area contributed by atoms with E-state index in [0.717, 1.165) is 27.9 Å². The average Bonchev–Trinajstić information content (AvgIpc) is 2.72. The summed E-state index contributed by atoms with van der Waals surface area (Å²) in [5.74, 6) is 0. The maximum absolute atomic E-state index is 3.97. The van der Waals surface area contributed by atoms with E-state index in [9.17, 15) is 0 Å². The van der Waals surface area contributed by atoms with Crippen molar-refractivity contribution in [2.45, 2.75) is 20.4 Å². The summed E-state index contributed by atoms with van der Waals surface area (Å²) in [7, 11) is 0. The average molecular weight is 209 g/mol. The largest absolute Gasteiger partial charge is 0.356 e. The van der Waals surface area contributed by atoms with Crippen LogP contribution in [-0.4, -0.2) is 20.4 Å². The molecular weight excluding hydrogens is 198 g/mol. The fraction of sp³-hybridized carbons (Fsp3) is 0.375. The maximum atomic E-state index is 3.97. The molecule has 0 spiro atoms. The predicted molar refractivity (Wildman–Crippen MR) is 55.3 cm³/mol. The van der Waals surface area contributed by atoms with E-state index in [1.807, 2.05) is 20.0 Å². The van der Waals surface area contributed by atoms with Gasteiger partial charge in [0.1, 0.15) is 5.01 Å². The summed E-state index contributed by atoms with van der Waals surface area (Å²) in [6.07, 6.45) is 1.82. The van der Waals surface area contributed by atoms with Crippen LogP contribution < -0.4 is 5.32 Å². The van der Waals surface area contributed by atoms with Crippen LogP contribution in [-0.2, 0) is 6.54 Å². The Kier molecular flexibility index (Phi) is 2.45. The number of rotatable bonds is 3. The molecular formula is C8H11N5S. The van der Waals surface area contributed by atoms with Crippen LogP contribution in [0.1, 0.15) is 16.3 Å². The van der Waals surface area contributed by atoms with Gasteiger partial charge >= 0.3 is 0 Å². The van der Waals surface area contributed by atoms with Gasteiger partial charge in [-0.25, -0.2) is 0 Å². The molecule has 6 heteroatoms. The van der Waals surface area contributed by atoms with Crippen LogP contribution in [0.4, 0.5) is 5.13 Å². The molecule has 5 nitrogen and oxygen atoms in total. The first kappa shape index (κ1) is 9.14. The van der Waals surface area contributed by atoms with E-state index < -0.39 is 0 Å². The van der Waals surface area contributed by atoms with Crippen LogP contribution in [0.3, 0.4) is 0 Å². The highest BCUT2D eigenvalue weighted by Gasteiger charge is 2.02. The van der Waals surface area contributed by atoms with Crippen LogP contribution in [0.5, 0.6) is 0 Å². The molecule has 0 fully saturated rings. The second-order valence-electron chi connectivity index (χ2n) is 3.00. The molecule has 0 aliphatic carbocycles. The molecule has 2 N–H and O–H groups in total. The van der Waals surface area contributed by atoms with Gasteiger partial charge in [0, 0.05) is 17.8 Å². The van der Waals surface area contributed by atoms with Crippen LogP contribution >= 0.6 is 11.3 Å². The third-order valence-electron chi connectivity index (χ3n) is 1.89. The van der Waals surface area contributed by atoms with Crippen LogP contribution in [0.25, 0.3) is 0 Å². The zero-order valence-electron chi connectivity index (χ0n) is 8.03. The number of aromatic nitrogens is 4. The highest BCUT2D eigenvalue weighted by molar-refractivity contribution is 7.15. The Balaban J connectivity index is 1.98. The lowest BCUT2D eigenvalue weighted by Crippen LogP contribution is -1.99. The maximum Gasteiger partial charge on any atom is 0.205 e. The number of H-pyrrole nitrogens is 1. The van der Waals surface area contributed by atoms with Crippen molar-refractivity contribution in [3.8, 4) is 0 Å². The molecule has 0 aliphatic heterocycles. The molecule has 0 bridgehead atoms. The van der Waals surface area contributed by atoms with Gasteiger partial charge in [-0.15, -0.1) is 10.2 Å². The topological polar surface area (TPSA) is 66.5 Å². The molecule has 2 rings (SSSR count). The summed E-state index contributed by atoms with van der Waals surface area (Å²) in [5, 5.41) is 19.7. The lowest BCUT2D eigenvalue weighted by atomic mass is 10.3.